The summed E-state index contributed by atoms with van der Waals surface area (Å²) in [6.45, 7) is 0.674. The van der Waals surface area contributed by atoms with Crippen LogP contribution in [-0.2, 0) is 11.3 Å². The Morgan fingerprint density at radius 2 is 1.64 bits per heavy atom. The van der Waals surface area contributed by atoms with E-state index in [9.17, 15) is 4.79 Å². The van der Waals surface area contributed by atoms with E-state index < -0.39 is 5.91 Å². The van der Waals surface area contributed by atoms with Gasteiger partial charge in [0.15, 0.2) is 5.84 Å². The van der Waals surface area contributed by atoms with Crippen LogP contribution in [0.2, 0.25) is 5.02 Å². The molecule has 0 atom stereocenters. The van der Waals surface area contributed by atoms with Crippen molar-refractivity contribution in [1.29, 1.82) is 5.41 Å². The van der Waals surface area contributed by atoms with E-state index in [4.69, 9.17) is 17.0 Å². The van der Waals surface area contributed by atoms with Crippen molar-refractivity contribution in [2.75, 3.05) is 0 Å². The summed E-state index contributed by atoms with van der Waals surface area (Å²) in [5.41, 5.74) is 4.03. The molecule has 1 amide bonds. The lowest BCUT2D eigenvalue weighted by Crippen LogP contribution is -2.35. The van der Waals surface area contributed by atoms with Crippen LogP contribution in [0.15, 0.2) is 113 Å². The molecule has 5 aromatic rings. The minimum atomic E-state index is -0.458. The van der Waals surface area contributed by atoms with Gasteiger partial charge in [-0.25, -0.2) is 0 Å². The number of amidine groups is 2. The van der Waals surface area contributed by atoms with E-state index in [0.717, 1.165) is 22.0 Å². The van der Waals surface area contributed by atoms with E-state index in [2.05, 4.69) is 57.1 Å². The Bertz CT molecular complexity index is 1930. The van der Waals surface area contributed by atoms with Gasteiger partial charge in [0.05, 0.1) is 10.6 Å². The first-order valence-corrected chi connectivity index (χ1v) is 13.6. The average Bonchev–Trinajstić information content (AvgIpc) is 3.53. The number of nitrogens with zero attached hydrogens (tertiary/aromatic N) is 4. The second-order valence-corrected chi connectivity index (χ2v) is 10.6. The van der Waals surface area contributed by atoms with Gasteiger partial charge in [-0.2, -0.15) is 15.1 Å². The number of carbonyl (C=O) groups excluding carboxylic acids is 1. The number of fused-ring (bicyclic) bond motifs is 3. The number of aliphatic imine (C=N–C) groups is 1. The molecule has 1 N–H and O–H groups in total. The standard InChI is InChI=1S/C31H20ClN5OS/c32-26-14-5-3-13-24(26)30-35-37-28(33)25(29(38)34-31(37)39-30)16-21-18-36(27-15-6-4-12-23(21)27)17-20-10-7-9-19-8-1-2-11-22(19)20/h1-16,18,33H,17H2. The van der Waals surface area contributed by atoms with Crippen molar-refractivity contribution >= 4 is 73.1 Å². The predicted octanol–water partition coefficient (Wildman–Crippen LogP) is 7.16. The zero-order valence-corrected chi connectivity index (χ0v) is 22.1. The van der Waals surface area contributed by atoms with Crippen molar-refractivity contribution in [1.82, 2.24) is 9.58 Å². The van der Waals surface area contributed by atoms with Crippen molar-refractivity contribution in [2.45, 2.75) is 6.54 Å². The van der Waals surface area contributed by atoms with Gasteiger partial charge in [0.25, 0.3) is 5.91 Å². The Morgan fingerprint density at radius 1 is 0.897 bits per heavy atom. The summed E-state index contributed by atoms with van der Waals surface area (Å²) < 4.78 is 2.19. The van der Waals surface area contributed by atoms with Gasteiger partial charge < -0.3 is 4.57 Å². The van der Waals surface area contributed by atoms with Crippen LogP contribution < -0.4 is 0 Å². The Hall–Kier alpha value is -4.46. The van der Waals surface area contributed by atoms with Gasteiger partial charge in [0.1, 0.15) is 5.04 Å². The summed E-state index contributed by atoms with van der Waals surface area (Å²) >= 11 is 7.60. The highest BCUT2D eigenvalue weighted by Gasteiger charge is 2.36. The molecule has 4 aromatic carbocycles. The fourth-order valence-electron chi connectivity index (χ4n) is 5.03. The molecule has 39 heavy (non-hydrogen) atoms. The number of thioether (sulfide) groups is 1. The normalized spacial score (nSPS) is 16.2. The summed E-state index contributed by atoms with van der Waals surface area (Å²) in [5.74, 6) is -0.467. The molecule has 0 spiro atoms. The fraction of sp³-hybridized carbons (Fsp3) is 0.0323. The molecule has 0 aliphatic carbocycles. The van der Waals surface area contributed by atoms with Gasteiger partial charge in [0, 0.05) is 34.8 Å². The van der Waals surface area contributed by atoms with Crippen LogP contribution >= 0.6 is 23.4 Å². The van der Waals surface area contributed by atoms with E-state index in [1.54, 1.807) is 12.1 Å². The number of hydrogen-bond acceptors (Lipinski definition) is 4. The lowest BCUT2D eigenvalue weighted by molar-refractivity contribution is -0.114. The molecule has 188 valence electrons. The second kappa shape index (κ2) is 9.38. The van der Waals surface area contributed by atoms with Crippen LogP contribution in [0.25, 0.3) is 27.8 Å². The van der Waals surface area contributed by atoms with E-state index >= 15 is 0 Å². The van der Waals surface area contributed by atoms with Gasteiger partial charge in [0.2, 0.25) is 5.17 Å². The van der Waals surface area contributed by atoms with Crippen LogP contribution in [0.5, 0.6) is 0 Å². The van der Waals surface area contributed by atoms with E-state index in [-0.39, 0.29) is 11.4 Å². The van der Waals surface area contributed by atoms with Crippen molar-refractivity contribution in [3.63, 3.8) is 0 Å². The van der Waals surface area contributed by atoms with E-state index in [1.165, 1.54) is 33.1 Å². The number of hydrogen-bond donors (Lipinski definition) is 1. The molecule has 2 aliphatic rings. The van der Waals surface area contributed by atoms with Crippen molar-refractivity contribution in [2.24, 2.45) is 10.1 Å². The lowest BCUT2D eigenvalue weighted by Gasteiger charge is -2.20. The maximum atomic E-state index is 13.1. The monoisotopic (exact) mass is 545 g/mol. The molecule has 1 aromatic heterocycles. The molecule has 3 heterocycles. The fourth-order valence-corrected chi connectivity index (χ4v) is 6.24. The summed E-state index contributed by atoms with van der Waals surface area (Å²) in [6.07, 6.45) is 3.79. The maximum Gasteiger partial charge on any atom is 0.283 e. The third-order valence-corrected chi connectivity index (χ3v) is 8.17. The Kier molecular flexibility index (Phi) is 5.68. The number of amides is 1. The summed E-state index contributed by atoms with van der Waals surface area (Å²) in [6, 6.07) is 30.2. The molecular weight excluding hydrogens is 526 g/mol. The average molecular weight is 546 g/mol. The molecule has 0 saturated heterocycles. The zero-order chi connectivity index (χ0) is 26.5. The van der Waals surface area contributed by atoms with Crippen molar-refractivity contribution in [3.05, 3.63) is 124 Å². The molecule has 6 nitrogen and oxygen atoms in total. The number of carbonyl (C=O) groups is 1. The number of halogens is 1. The molecule has 8 heteroatoms. The molecule has 0 saturated carbocycles. The molecule has 2 aliphatic heterocycles. The number of para-hydroxylation sites is 1. The van der Waals surface area contributed by atoms with Crippen molar-refractivity contribution < 1.29 is 4.79 Å². The smallest absolute Gasteiger partial charge is 0.283 e. The Morgan fingerprint density at radius 3 is 2.51 bits per heavy atom. The van der Waals surface area contributed by atoms with Crippen LogP contribution in [-0.4, -0.2) is 31.5 Å². The van der Waals surface area contributed by atoms with Gasteiger partial charge in [-0.05, 0) is 46.3 Å². The number of rotatable bonds is 4. The molecule has 0 bridgehead atoms. The quantitative estimate of drug-likeness (QED) is 0.243. The first kappa shape index (κ1) is 23.6. The summed E-state index contributed by atoms with van der Waals surface area (Å²) in [7, 11) is 0. The second-order valence-electron chi connectivity index (χ2n) is 9.27. The van der Waals surface area contributed by atoms with E-state index in [1.807, 2.05) is 48.7 Å². The van der Waals surface area contributed by atoms with Gasteiger partial charge in [-0.15, -0.1) is 0 Å². The summed E-state index contributed by atoms with van der Waals surface area (Å²) in [4.78, 5) is 17.4. The van der Waals surface area contributed by atoms with Crippen molar-refractivity contribution in [3.8, 4) is 0 Å². The topological polar surface area (TPSA) is 73.8 Å². The number of nitrogens with one attached hydrogen (secondary N) is 1. The minimum Gasteiger partial charge on any atom is -0.342 e. The van der Waals surface area contributed by atoms with Crippen LogP contribution in [0.1, 0.15) is 16.7 Å². The van der Waals surface area contributed by atoms with Gasteiger partial charge in [-0.3, -0.25) is 10.2 Å². The first-order valence-electron chi connectivity index (χ1n) is 12.4. The third-order valence-electron chi connectivity index (χ3n) is 6.90. The Balaban J connectivity index is 1.28. The van der Waals surface area contributed by atoms with Crippen LogP contribution in [0, 0.1) is 5.41 Å². The summed E-state index contributed by atoms with van der Waals surface area (Å²) in [5, 5.41) is 19.7. The number of aromatic nitrogens is 1. The highest BCUT2D eigenvalue weighted by molar-refractivity contribution is 8.27. The SMILES string of the molecule is N=C1C(=Cc2cn(Cc3cccc4ccccc34)c3ccccc23)C(=O)N=C2SC(c3ccccc3Cl)=NN12. The minimum absolute atomic E-state index is 0.00885. The van der Waals surface area contributed by atoms with Crippen LogP contribution in [0.4, 0.5) is 0 Å². The predicted molar refractivity (Wildman–Crippen MR) is 161 cm³/mol. The molecule has 0 unspecified atom stereocenters. The van der Waals surface area contributed by atoms with Gasteiger partial charge >= 0.3 is 0 Å². The molecule has 0 fully saturated rings. The number of hydrazone groups is 1. The molecule has 7 rings (SSSR count). The lowest BCUT2D eigenvalue weighted by atomic mass is 10.0. The molecule has 0 radical (unpaired) electrons. The number of benzene rings is 4. The van der Waals surface area contributed by atoms with E-state index in [0.29, 0.717) is 21.8 Å². The van der Waals surface area contributed by atoms with Gasteiger partial charge in [-0.1, -0.05) is 90.5 Å². The highest BCUT2D eigenvalue weighted by atomic mass is 35.5. The third kappa shape index (κ3) is 4.07. The molecular formula is C31H20ClN5OS. The first-order chi connectivity index (χ1) is 19.1. The maximum absolute atomic E-state index is 13.1. The largest absolute Gasteiger partial charge is 0.342 e. The van der Waals surface area contributed by atoms with Crippen LogP contribution in [0.3, 0.4) is 0 Å². The Labute approximate surface area is 233 Å². The highest BCUT2D eigenvalue weighted by Crippen LogP contribution is 2.34. The zero-order valence-electron chi connectivity index (χ0n) is 20.5.